The Morgan fingerprint density at radius 3 is 2.14 bits per heavy atom. The van der Waals surface area contributed by atoms with E-state index in [2.05, 4.69) is 0 Å². The Balaban J connectivity index is 0. The molecule has 3 nitrogen and oxygen atoms in total. The van der Waals surface area contributed by atoms with Crippen LogP contribution < -0.4 is 5.73 Å². The normalized spacial score (nSPS) is 15.3. The molecular weight excluding hydrogens is 202 g/mol. The van der Waals surface area contributed by atoms with Crippen LogP contribution in [0.2, 0.25) is 0 Å². The minimum atomic E-state index is -0.496. The zero-order valence-electron chi connectivity index (χ0n) is 9.66. The third kappa shape index (κ3) is 6.22. The van der Waals surface area contributed by atoms with Crippen LogP contribution in [0.5, 0.6) is 0 Å². The fraction of sp³-hybridized carbons (Fsp3) is 0.900. The molecule has 0 aliphatic rings. The highest BCUT2D eigenvalue weighted by Crippen LogP contribution is 2.12. The maximum absolute atomic E-state index is 11.4. The van der Waals surface area contributed by atoms with Gasteiger partial charge in [0.2, 0.25) is 0 Å². The Morgan fingerprint density at radius 1 is 1.43 bits per heavy atom. The van der Waals surface area contributed by atoms with Gasteiger partial charge in [0.05, 0.1) is 0 Å². The molecule has 14 heavy (non-hydrogen) atoms. The molecule has 0 heterocycles. The largest absolute Gasteiger partial charge is 0.459 e. The zero-order chi connectivity index (χ0) is 10.6. The lowest BCUT2D eigenvalue weighted by Gasteiger charge is -2.24. The first kappa shape index (κ1) is 16.2. The van der Waals surface area contributed by atoms with Crippen molar-refractivity contribution in [3.8, 4) is 0 Å². The maximum atomic E-state index is 11.4. The second kappa shape index (κ2) is 6.25. The third-order valence-electron chi connectivity index (χ3n) is 1.94. The van der Waals surface area contributed by atoms with Crippen LogP contribution in [0.1, 0.15) is 41.0 Å². The smallest absolute Gasteiger partial charge is 0.323 e. The van der Waals surface area contributed by atoms with E-state index >= 15 is 0 Å². The first-order chi connectivity index (χ1) is 5.78. The van der Waals surface area contributed by atoms with Crippen molar-refractivity contribution in [3.05, 3.63) is 0 Å². The summed E-state index contributed by atoms with van der Waals surface area (Å²) < 4.78 is 5.16. The highest BCUT2D eigenvalue weighted by Gasteiger charge is 2.25. The van der Waals surface area contributed by atoms with E-state index in [9.17, 15) is 4.79 Å². The van der Waals surface area contributed by atoms with Gasteiger partial charge in [0.25, 0.3) is 0 Å². The number of nitrogens with two attached hydrogens (primary N) is 1. The third-order valence-corrected chi connectivity index (χ3v) is 1.94. The Bertz CT molecular complexity index is 177. The lowest BCUT2D eigenvalue weighted by Crippen LogP contribution is -2.41. The highest BCUT2D eigenvalue weighted by molar-refractivity contribution is 5.85. The monoisotopic (exact) mass is 223 g/mol. The Morgan fingerprint density at radius 2 is 1.86 bits per heavy atom. The van der Waals surface area contributed by atoms with Gasteiger partial charge >= 0.3 is 5.97 Å². The molecular formula is C10H22ClNO2. The quantitative estimate of drug-likeness (QED) is 0.746. The van der Waals surface area contributed by atoms with Gasteiger partial charge in [-0.1, -0.05) is 20.3 Å². The van der Waals surface area contributed by atoms with Crippen molar-refractivity contribution in [3.63, 3.8) is 0 Å². The molecule has 0 aromatic carbocycles. The molecule has 0 fully saturated rings. The van der Waals surface area contributed by atoms with Crippen molar-refractivity contribution < 1.29 is 9.53 Å². The number of ether oxygens (including phenoxy) is 1. The fourth-order valence-electron chi connectivity index (χ4n) is 0.856. The molecule has 0 aromatic heterocycles. The van der Waals surface area contributed by atoms with Crippen molar-refractivity contribution in [2.45, 2.75) is 52.7 Å². The van der Waals surface area contributed by atoms with Gasteiger partial charge in [-0.05, 0) is 26.7 Å². The molecule has 0 spiro atoms. The van der Waals surface area contributed by atoms with Gasteiger partial charge in [-0.2, -0.15) is 0 Å². The van der Waals surface area contributed by atoms with Crippen LogP contribution in [0.15, 0.2) is 0 Å². The molecule has 0 aliphatic carbocycles. The molecule has 0 rings (SSSR count). The minimum Gasteiger partial charge on any atom is -0.459 e. The van der Waals surface area contributed by atoms with Gasteiger partial charge in [-0.15, -0.1) is 12.4 Å². The van der Waals surface area contributed by atoms with Crippen LogP contribution >= 0.6 is 12.4 Å². The molecule has 2 atom stereocenters. The number of carbonyl (C=O) groups is 1. The number of hydrogen-bond donors (Lipinski definition) is 1. The van der Waals surface area contributed by atoms with Crippen molar-refractivity contribution in [2.75, 3.05) is 0 Å². The van der Waals surface area contributed by atoms with Crippen molar-refractivity contribution >= 4 is 18.4 Å². The first-order valence-corrected chi connectivity index (χ1v) is 4.76. The minimum absolute atomic E-state index is 0. The lowest BCUT2D eigenvalue weighted by molar-refractivity contribution is -0.157. The summed E-state index contributed by atoms with van der Waals surface area (Å²) in [6, 6.07) is -0.496. The Labute approximate surface area is 92.8 Å². The summed E-state index contributed by atoms with van der Waals surface area (Å²) in [6.07, 6.45) is 0.889. The summed E-state index contributed by atoms with van der Waals surface area (Å²) in [6.45, 7) is 9.49. The topological polar surface area (TPSA) is 52.3 Å². The van der Waals surface area contributed by atoms with Crippen LogP contribution in [-0.4, -0.2) is 17.6 Å². The summed E-state index contributed by atoms with van der Waals surface area (Å²) in [7, 11) is 0. The summed E-state index contributed by atoms with van der Waals surface area (Å²) >= 11 is 0. The van der Waals surface area contributed by atoms with E-state index in [1.165, 1.54) is 0 Å². The zero-order valence-corrected chi connectivity index (χ0v) is 10.5. The van der Waals surface area contributed by atoms with E-state index in [1.54, 1.807) is 0 Å². The second-order valence-corrected chi connectivity index (χ2v) is 4.44. The van der Waals surface area contributed by atoms with E-state index in [0.29, 0.717) is 0 Å². The summed E-state index contributed by atoms with van der Waals surface area (Å²) in [5.41, 5.74) is 5.26. The summed E-state index contributed by atoms with van der Waals surface area (Å²) in [5, 5.41) is 0. The molecule has 0 aliphatic heterocycles. The Hall–Kier alpha value is -0.280. The van der Waals surface area contributed by atoms with Crippen LogP contribution in [0.4, 0.5) is 0 Å². The summed E-state index contributed by atoms with van der Waals surface area (Å²) in [5.74, 6) is -0.128. The van der Waals surface area contributed by atoms with Crippen molar-refractivity contribution in [1.82, 2.24) is 0 Å². The predicted octanol–water partition coefficient (Wildman–Crippen LogP) is 2.12. The second-order valence-electron chi connectivity index (χ2n) is 4.44. The predicted molar refractivity (Wildman–Crippen MR) is 60.5 cm³/mol. The van der Waals surface area contributed by atoms with Gasteiger partial charge in [0, 0.05) is 0 Å². The number of esters is 1. The van der Waals surface area contributed by atoms with Crippen LogP contribution in [0, 0.1) is 5.92 Å². The molecule has 0 radical (unpaired) electrons. The molecule has 0 bridgehead atoms. The SMILES string of the molecule is CC[C@@H](C)[C@@H](N)C(=O)OC(C)(C)C.Cl. The maximum Gasteiger partial charge on any atom is 0.323 e. The molecule has 86 valence electrons. The average molecular weight is 224 g/mol. The van der Waals surface area contributed by atoms with E-state index in [4.69, 9.17) is 10.5 Å². The first-order valence-electron chi connectivity index (χ1n) is 4.76. The van der Waals surface area contributed by atoms with Crippen LogP contribution in [0.25, 0.3) is 0 Å². The number of halogens is 1. The van der Waals surface area contributed by atoms with E-state index < -0.39 is 11.6 Å². The van der Waals surface area contributed by atoms with E-state index in [-0.39, 0.29) is 24.3 Å². The molecule has 2 N–H and O–H groups in total. The number of rotatable bonds is 3. The van der Waals surface area contributed by atoms with Crippen molar-refractivity contribution in [1.29, 1.82) is 0 Å². The molecule has 0 amide bonds. The van der Waals surface area contributed by atoms with Gasteiger partial charge in [0.1, 0.15) is 11.6 Å². The molecule has 0 unspecified atom stereocenters. The standard InChI is InChI=1S/C10H21NO2.ClH/c1-6-7(2)8(11)9(12)13-10(3,4)5;/h7-8H,6,11H2,1-5H3;1H/t7-,8-;/m1./s1. The molecule has 0 aromatic rings. The van der Waals surface area contributed by atoms with E-state index in [1.807, 2.05) is 34.6 Å². The number of carbonyl (C=O) groups excluding carboxylic acids is 1. The fourth-order valence-corrected chi connectivity index (χ4v) is 0.856. The molecule has 0 saturated carbocycles. The van der Waals surface area contributed by atoms with Crippen LogP contribution in [-0.2, 0) is 9.53 Å². The van der Waals surface area contributed by atoms with Crippen LogP contribution in [0.3, 0.4) is 0 Å². The highest BCUT2D eigenvalue weighted by atomic mass is 35.5. The average Bonchev–Trinajstić information content (AvgIpc) is 1.98. The van der Waals surface area contributed by atoms with Crippen molar-refractivity contribution in [2.24, 2.45) is 11.7 Å². The molecule has 0 saturated heterocycles. The van der Waals surface area contributed by atoms with Gasteiger partial charge < -0.3 is 10.5 Å². The summed E-state index contributed by atoms with van der Waals surface area (Å²) in [4.78, 5) is 11.4. The number of hydrogen-bond acceptors (Lipinski definition) is 3. The van der Waals surface area contributed by atoms with Gasteiger partial charge in [0.15, 0.2) is 0 Å². The Kier molecular flexibility index (Phi) is 7.21. The van der Waals surface area contributed by atoms with Gasteiger partial charge in [-0.3, -0.25) is 4.79 Å². The van der Waals surface area contributed by atoms with E-state index in [0.717, 1.165) is 6.42 Å². The molecule has 4 heteroatoms. The van der Waals surface area contributed by atoms with Gasteiger partial charge in [-0.25, -0.2) is 0 Å². The lowest BCUT2D eigenvalue weighted by atomic mass is 10.00.